The largest absolute Gasteiger partial charge is 0.573 e. The number of nitrogens with zero attached hydrogens (tertiary/aromatic N) is 4. The predicted molar refractivity (Wildman–Crippen MR) is 111 cm³/mol. The second-order valence-corrected chi connectivity index (χ2v) is 7.70. The molecule has 0 unspecified atom stereocenters. The third kappa shape index (κ3) is 4.81. The lowest BCUT2D eigenvalue weighted by atomic mass is 10.2. The molecule has 154 valence electrons. The van der Waals surface area contributed by atoms with Crippen molar-refractivity contribution in [2.45, 2.75) is 19.8 Å². The van der Waals surface area contributed by atoms with Crippen molar-refractivity contribution in [1.29, 1.82) is 0 Å². The van der Waals surface area contributed by atoms with Crippen LogP contribution in [0, 0.1) is 10.5 Å². The molecular formula is C20H14F3IN4O2. The van der Waals surface area contributed by atoms with E-state index in [1.165, 1.54) is 24.3 Å². The summed E-state index contributed by atoms with van der Waals surface area (Å²) in [6.07, 6.45) is -4.74. The molecule has 0 spiro atoms. The molecular weight excluding hydrogens is 512 g/mol. The third-order valence-electron chi connectivity index (χ3n) is 4.19. The van der Waals surface area contributed by atoms with Crippen LogP contribution in [-0.2, 0) is 6.54 Å². The minimum atomic E-state index is -4.74. The zero-order chi connectivity index (χ0) is 21.3. The van der Waals surface area contributed by atoms with Gasteiger partial charge in [-0.3, -0.25) is 4.68 Å². The van der Waals surface area contributed by atoms with E-state index in [1.54, 1.807) is 0 Å². The van der Waals surface area contributed by atoms with E-state index in [2.05, 4.69) is 48.6 Å². The average molecular weight is 526 g/mol. The Morgan fingerprint density at radius 3 is 2.57 bits per heavy atom. The second kappa shape index (κ2) is 8.09. The zero-order valence-corrected chi connectivity index (χ0v) is 17.7. The molecule has 0 saturated carbocycles. The maximum Gasteiger partial charge on any atom is 0.573 e. The number of benzene rings is 2. The highest BCUT2D eigenvalue weighted by Crippen LogP contribution is 2.27. The Bertz CT molecular complexity index is 1170. The van der Waals surface area contributed by atoms with Crippen molar-refractivity contribution in [3.8, 4) is 28.7 Å². The SMILES string of the molecule is Cc1cc(-c2nc(-c3ccc(OC(F)(F)F)cc3)no2)nn1Cc1cccc(I)c1. The summed E-state index contributed by atoms with van der Waals surface area (Å²) in [6, 6.07) is 15.2. The molecule has 4 rings (SSSR count). The van der Waals surface area contributed by atoms with Gasteiger partial charge in [-0.1, -0.05) is 17.3 Å². The van der Waals surface area contributed by atoms with Gasteiger partial charge in [0.05, 0.1) is 6.54 Å². The van der Waals surface area contributed by atoms with E-state index in [0.717, 1.165) is 14.8 Å². The smallest absolute Gasteiger partial charge is 0.406 e. The fourth-order valence-corrected chi connectivity index (χ4v) is 3.44. The fourth-order valence-electron chi connectivity index (χ4n) is 2.83. The summed E-state index contributed by atoms with van der Waals surface area (Å²) in [4.78, 5) is 4.31. The summed E-state index contributed by atoms with van der Waals surface area (Å²) in [5.41, 5.74) is 3.06. The highest BCUT2D eigenvalue weighted by Gasteiger charge is 2.31. The molecule has 0 aliphatic heterocycles. The predicted octanol–water partition coefficient (Wildman–Crippen LogP) is 5.46. The molecule has 2 aromatic heterocycles. The van der Waals surface area contributed by atoms with Gasteiger partial charge in [-0.15, -0.1) is 13.2 Å². The monoisotopic (exact) mass is 526 g/mol. The Morgan fingerprint density at radius 1 is 1.10 bits per heavy atom. The van der Waals surface area contributed by atoms with E-state index in [-0.39, 0.29) is 17.5 Å². The first kappa shape index (κ1) is 20.4. The van der Waals surface area contributed by atoms with Gasteiger partial charge >= 0.3 is 6.36 Å². The highest BCUT2D eigenvalue weighted by atomic mass is 127. The van der Waals surface area contributed by atoms with Crippen LogP contribution < -0.4 is 4.74 Å². The number of aryl methyl sites for hydroxylation is 1. The molecule has 0 aliphatic rings. The van der Waals surface area contributed by atoms with Crippen molar-refractivity contribution >= 4 is 22.6 Å². The highest BCUT2D eigenvalue weighted by molar-refractivity contribution is 14.1. The number of halogens is 4. The first-order chi connectivity index (χ1) is 14.3. The lowest BCUT2D eigenvalue weighted by molar-refractivity contribution is -0.274. The average Bonchev–Trinajstić information content (AvgIpc) is 3.29. The first-order valence-electron chi connectivity index (χ1n) is 8.76. The minimum Gasteiger partial charge on any atom is -0.406 e. The molecule has 0 saturated heterocycles. The quantitative estimate of drug-likeness (QED) is 0.324. The van der Waals surface area contributed by atoms with Crippen LogP contribution in [-0.4, -0.2) is 26.3 Å². The molecule has 2 heterocycles. The molecule has 0 bridgehead atoms. The summed E-state index contributed by atoms with van der Waals surface area (Å²) in [5.74, 6) is 0.151. The number of aromatic nitrogens is 4. The fraction of sp³-hybridized carbons (Fsp3) is 0.150. The first-order valence-corrected chi connectivity index (χ1v) is 9.84. The Hall–Kier alpha value is -2.89. The lowest BCUT2D eigenvalue weighted by Gasteiger charge is -2.08. The maximum atomic E-state index is 12.3. The van der Waals surface area contributed by atoms with Gasteiger partial charge in [0.2, 0.25) is 5.82 Å². The molecule has 6 nitrogen and oxygen atoms in total. The van der Waals surface area contributed by atoms with Gasteiger partial charge in [0.1, 0.15) is 5.75 Å². The molecule has 0 radical (unpaired) electrons. The van der Waals surface area contributed by atoms with Gasteiger partial charge in [-0.05, 0) is 77.5 Å². The Balaban J connectivity index is 1.53. The van der Waals surface area contributed by atoms with Crippen LogP contribution in [0.15, 0.2) is 59.1 Å². The van der Waals surface area contributed by atoms with E-state index in [1.807, 2.05) is 35.9 Å². The summed E-state index contributed by atoms with van der Waals surface area (Å²) in [6.45, 7) is 2.53. The number of ether oxygens (including phenoxy) is 1. The summed E-state index contributed by atoms with van der Waals surface area (Å²) in [5, 5.41) is 8.44. The maximum absolute atomic E-state index is 12.3. The molecule has 10 heteroatoms. The third-order valence-corrected chi connectivity index (χ3v) is 4.86. The summed E-state index contributed by atoms with van der Waals surface area (Å²) in [7, 11) is 0. The Morgan fingerprint density at radius 2 is 1.87 bits per heavy atom. The van der Waals surface area contributed by atoms with Crippen LogP contribution in [0.25, 0.3) is 23.0 Å². The van der Waals surface area contributed by atoms with Crippen molar-refractivity contribution in [3.05, 3.63) is 69.4 Å². The van der Waals surface area contributed by atoms with Crippen LogP contribution >= 0.6 is 22.6 Å². The van der Waals surface area contributed by atoms with E-state index in [9.17, 15) is 13.2 Å². The van der Waals surface area contributed by atoms with Crippen LogP contribution in [0.2, 0.25) is 0 Å². The van der Waals surface area contributed by atoms with Crippen molar-refractivity contribution in [2.24, 2.45) is 0 Å². The molecule has 0 N–H and O–H groups in total. The van der Waals surface area contributed by atoms with Crippen molar-refractivity contribution in [1.82, 2.24) is 19.9 Å². The van der Waals surface area contributed by atoms with E-state index in [4.69, 9.17) is 4.52 Å². The summed E-state index contributed by atoms with van der Waals surface area (Å²) >= 11 is 2.26. The zero-order valence-electron chi connectivity index (χ0n) is 15.5. The van der Waals surface area contributed by atoms with Gasteiger partial charge < -0.3 is 9.26 Å². The molecule has 2 aromatic carbocycles. The van der Waals surface area contributed by atoms with Gasteiger partial charge in [-0.2, -0.15) is 10.1 Å². The molecule has 0 amide bonds. The van der Waals surface area contributed by atoms with Crippen LogP contribution in [0.3, 0.4) is 0 Å². The Labute approximate surface area is 182 Å². The number of hydrogen-bond donors (Lipinski definition) is 0. The molecule has 0 fully saturated rings. The van der Waals surface area contributed by atoms with E-state index < -0.39 is 6.36 Å². The number of alkyl halides is 3. The van der Waals surface area contributed by atoms with Gasteiger partial charge in [0.25, 0.3) is 5.89 Å². The lowest BCUT2D eigenvalue weighted by Crippen LogP contribution is -2.16. The van der Waals surface area contributed by atoms with E-state index >= 15 is 0 Å². The minimum absolute atomic E-state index is 0.227. The van der Waals surface area contributed by atoms with Crippen molar-refractivity contribution in [2.75, 3.05) is 0 Å². The van der Waals surface area contributed by atoms with Gasteiger partial charge in [0, 0.05) is 14.8 Å². The van der Waals surface area contributed by atoms with Crippen molar-refractivity contribution in [3.63, 3.8) is 0 Å². The number of hydrogen-bond acceptors (Lipinski definition) is 5. The standard InChI is InChI=1S/C20H14F3IN4O2/c1-12-9-17(26-28(12)11-13-3-2-4-15(24)10-13)19-25-18(27-30-19)14-5-7-16(8-6-14)29-20(21,22)23/h2-10H,11H2,1H3. The van der Waals surface area contributed by atoms with Crippen molar-refractivity contribution < 1.29 is 22.4 Å². The Kier molecular flexibility index (Phi) is 5.50. The van der Waals surface area contributed by atoms with Crippen LogP contribution in [0.1, 0.15) is 11.3 Å². The topological polar surface area (TPSA) is 66.0 Å². The van der Waals surface area contributed by atoms with Crippen LogP contribution in [0.4, 0.5) is 13.2 Å². The molecule has 30 heavy (non-hydrogen) atoms. The van der Waals surface area contributed by atoms with Gasteiger partial charge in [0.15, 0.2) is 5.69 Å². The normalized spacial score (nSPS) is 11.6. The molecule has 4 aromatic rings. The number of rotatable bonds is 5. The van der Waals surface area contributed by atoms with Gasteiger partial charge in [-0.25, -0.2) is 0 Å². The summed E-state index contributed by atoms with van der Waals surface area (Å²) < 4.78 is 49.0. The molecule has 0 aliphatic carbocycles. The van der Waals surface area contributed by atoms with Crippen LogP contribution in [0.5, 0.6) is 5.75 Å². The van der Waals surface area contributed by atoms with E-state index in [0.29, 0.717) is 17.8 Å². The second-order valence-electron chi connectivity index (χ2n) is 6.45. The molecule has 0 atom stereocenters.